The smallest absolute Gasteiger partial charge is 0.261 e. The molecule has 0 radical (unpaired) electrons. The molecule has 0 spiro atoms. The lowest BCUT2D eigenvalue weighted by Crippen LogP contribution is -2.37. The Hall–Kier alpha value is -2.49. The van der Waals surface area contributed by atoms with Crippen molar-refractivity contribution in [2.24, 2.45) is 0 Å². The second-order valence-electron chi connectivity index (χ2n) is 5.05. The Labute approximate surface area is 131 Å². The summed E-state index contributed by atoms with van der Waals surface area (Å²) in [4.78, 5) is 12.3. The van der Waals surface area contributed by atoms with Gasteiger partial charge in [0.25, 0.3) is 5.91 Å². The van der Waals surface area contributed by atoms with Crippen molar-refractivity contribution in [2.45, 2.75) is 26.0 Å². The molecule has 1 N–H and O–H groups in total. The Morgan fingerprint density at radius 3 is 2.18 bits per heavy atom. The number of para-hydroxylation sites is 2. The van der Waals surface area contributed by atoms with Crippen LogP contribution in [0.4, 0.5) is 0 Å². The van der Waals surface area contributed by atoms with Gasteiger partial charge in [0.2, 0.25) is 0 Å². The maximum Gasteiger partial charge on any atom is 0.261 e. The van der Waals surface area contributed by atoms with Gasteiger partial charge in [0.05, 0.1) is 13.2 Å². The molecule has 0 aliphatic carbocycles. The molecule has 0 heterocycles. The SMILES string of the molecule is COc1ccccc1O[C@H](C)C(=O)N[C@@H](C)c1ccccc1. The summed E-state index contributed by atoms with van der Waals surface area (Å²) in [5.41, 5.74) is 1.06. The molecule has 2 aromatic rings. The van der Waals surface area contributed by atoms with Crippen LogP contribution >= 0.6 is 0 Å². The standard InChI is InChI=1S/C18H21NO3/c1-13(15-9-5-4-6-10-15)19-18(20)14(2)22-17-12-8-7-11-16(17)21-3/h4-14H,1-3H3,(H,19,20)/t13-,14+/m0/s1. The molecule has 2 atom stereocenters. The molecule has 0 saturated heterocycles. The van der Waals surface area contributed by atoms with E-state index in [-0.39, 0.29) is 11.9 Å². The molecular weight excluding hydrogens is 278 g/mol. The zero-order chi connectivity index (χ0) is 15.9. The molecule has 22 heavy (non-hydrogen) atoms. The van der Waals surface area contributed by atoms with Gasteiger partial charge in [-0.15, -0.1) is 0 Å². The van der Waals surface area contributed by atoms with Gasteiger partial charge in [-0.25, -0.2) is 0 Å². The van der Waals surface area contributed by atoms with Crippen LogP contribution in [-0.2, 0) is 4.79 Å². The molecule has 0 bridgehead atoms. The second kappa shape index (κ2) is 7.50. The van der Waals surface area contributed by atoms with E-state index in [9.17, 15) is 4.79 Å². The number of nitrogens with one attached hydrogen (secondary N) is 1. The van der Waals surface area contributed by atoms with Gasteiger partial charge in [0, 0.05) is 0 Å². The van der Waals surface area contributed by atoms with Crippen LogP contribution in [0.2, 0.25) is 0 Å². The van der Waals surface area contributed by atoms with Crippen LogP contribution in [0.3, 0.4) is 0 Å². The number of carbonyl (C=O) groups excluding carboxylic acids is 1. The van der Waals surface area contributed by atoms with Gasteiger partial charge in [0.15, 0.2) is 17.6 Å². The molecular formula is C18H21NO3. The summed E-state index contributed by atoms with van der Waals surface area (Å²) >= 11 is 0. The number of rotatable bonds is 6. The molecule has 1 amide bonds. The Morgan fingerprint density at radius 2 is 1.55 bits per heavy atom. The van der Waals surface area contributed by atoms with Gasteiger partial charge < -0.3 is 14.8 Å². The molecule has 0 aromatic heterocycles. The fourth-order valence-electron chi connectivity index (χ4n) is 2.12. The maximum atomic E-state index is 12.3. The van der Waals surface area contributed by atoms with Crippen LogP contribution in [0.1, 0.15) is 25.5 Å². The minimum absolute atomic E-state index is 0.0718. The number of carbonyl (C=O) groups is 1. The van der Waals surface area contributed by atoms with Crippen molar-refractivity contribution in [1.82, 2.24) is 5.32 Å². The molecule has 0 aliphatic heterocycles. The summed E-state index contributed by atoms with van der Waals surface area (Å²) in [6.07, 6.45) is -0.609. The van der Waals surface area contributed by atoms with E-state index in [0.29, 0.717) is 11.5 Å². The van der Waals surface area contributed by atoms with Gasteiger partial charge in [-0.1, -0.05) is 42.5 Å². The number of amides is 1. The van der Waals surface area contributed by atoms with Crippen LogP contribution in [0.15, 0.2) is 54.6 Å². The minimum atomic E-state index is -0.609. The molecule has 4 nitrogen and oxygen atoms in total. The van der Waals surface area contributed by atoms with Crippen molar-refractivity contribution < 1.29 is 14.3 Å². The Balaban J connectivity index is 1.97. The van der Waals surface area contributed by atoms with Crippen molar-refractivity contribution >= 4 is 5.91 Å². The molecule has 0 fully saturated rings. The quantitative estimate of drug-likeness (QED) is 0.890. The summed E-state index contributed by atoms with van der Waals surface area (Å²) in [5.74, 6) is 1.00. The Bertz CT molecular complexity index is 613. The summed E-state index contributed by atoms with van der Waals surface area (Å²) in [5, 5.41) is 2.95. The highest BCUT2D eigenvalue weighted by Crippen LogP contribution is 2.26. The predicted molar refractivity (Wildman–Crippen MR) is 86.1 cm³/mol. The lowest BCUT2D eigenvalue weighted by molar-refractivity contribution is -0.127. The largest absolute Gasteiger partial charge is 0.493 e. The number of hydrogen-bond acceptors (Lipinski definition) is 3. The lowest BCUT2D eigenvalue weighted by Gasteiger charge is -2.20. The first-order valence-electron chi connectivity index (χ1n) is 7.27. The topological polar surface area (TPSA) is 47.6 Å². The van der Waals surface area contributed by atoms with E-state index in [1.165, 1.54) is 0 Å². The van der Waals surface area contributed by atoms with Crippen molar-refractivity contribution in [2.75, 3.05) is 7.11 Å². The fourth-order valence-corrected chi connectivity index (χ4v) is 2.12. The van der Waals surface area contributed by atoms with Gasteiger partial charge in [-0.05, 0) is 31.5 Å². The Morgan fingerprint density at radius 1 is 0.955 bits per heavy atom. The third-order valence-electron chi connectivity index (χ3n) is 3.40. The van der Waals surface area contributed by atoms with E-state index >= 15 is 0 Å². The van der Waals surface area contributed by atoms with E-state index in [0.717, 1.165) is 5.56 Å². The van der Waals surface area contributed by atoms with Crippen molar-refractivity contribution in [1.29, 1.82) is 0 Å². The van der Waals surface area contributed by atoms with Gasteiger partial charge in [-0.2, -0.15) is 0 Å². The van der Waals surface area contributed by atoms with E-state index in [1.807, 2.05) is 49.4 Å². The predicted octanol–water partition coefficient (Wildman–Crippen LogP) is 3.34. The number of ether oxygens (including phenoxy) is 2. The third-order valence-corrected chi connectivity index (χ3v) is 3.40. The zero-order valence-electron chi connectivity index (χ0n) is 13.1. The number of hydrogen-bond donors (Lipinski definition) is 1. The first-order valence-corrected chi connectivity index (χ1v) is 7.27. The summed E-state index contributed by atoms with van der Waals surface area (Å²) < 4.78 is 10.9. The highest BCUT2D eigenvalue weighted by molar-refractivity contribution is 5.81. The molecule has 116 valence electrons. The van der Waals surface area contributed by atoms with Crippen molar-refractivity contribution in [3.8, 4) is 11.5 Å². The third kappa shape index (κ3) is 4.01. The zero-order valence-corrected chi connectivity index (χ0v) is 13.1. The highest BCUT2D eigenvalue weighted by Gasteiger charge is 2.18. The van der Waals surface area contributed by atoms with Gasteiger partial charge >= 0.3 is 0 Å². The lowest BCUT2D eigenvalue weighted by atomic mass is 10.1. The number of methoxy groups -OCH3 is 1. The van der Waals surface area contributed by atoms with Gasteiger partial charge in [0.1, 0.15) is 0 Å². The number of benzene rings is 2. The van der Waals surface area contributed by atoms with Crippen molar-refractivity contribution in [3.63, 3.8) is 0 Å². The van der Waals surface area contributed by atoms with Crippen LogP contribution in [-0.4, -0.2) is 19.1 Å². The summed E-state index contributed by atoms with van der Waals surface area (Å²) in [6.45, 7) is 3.67. The first-order chi connectivity index (χ1) is 10.6. The van der Waals surface area contributed by atoms with Crippen LogP contribution in [0.25, 0.3) is 0 Å². The van der Waals surface area contributed by atoms with E-state index in [4.69, 9.17) is 9.47 Å². The molecule has 2 rings (SSSR count). The normalized spacial score (nSPS) is 13.0. The average Bonchev–Trinajstić information content (AvgIpc) is 2.56. The van der Waals surface area contributed by atoms with Crippen molar-refractivity contribution in [3.05, 3.63) is 60.2 Å². The van der Waals surface area contributed by atoms with E-state index in [1.54, 1.807) is 26.2 Å². The van der Waals surface area contributed by atoms with E-state index in [2.05, 4.69) is 5.32 Å². The molecule has 0 unspecified atom stereocenters. The fraction of sp³-hybridized carbons (Fsp3) is 0.278. The van der Waals surface area contributed by atoms with Crippen LogP contribution in [0, 0.1) is 0 Å². The second-order valence-corrected chi connectivity index (χ2v) is 5.05. The molecule has 2 aromatic carbocycles. The average molecular weight is 299 g/mol. The maximum absolute atomic E-state index is 12.3. The monoisotopic (exact) mass is 299 g/mol. The summed E-state index contributed by atoms with van der Waals surface area (Å²) in [7, 11) is 1.57. The molecule has 0 aliphatic rings. The van der Waals surface area contributed by atoms with E-state index < -0.39 is 6.10 Å². The van der Waals surface area contributed by atoms with Crippen LogP contribution < -0.4 is 14.8 Å². The Kier molecular flexibility index (Phi) is 5.42. The summed E-state index contributed by atoms with van der Waals surface area (Å²) in [6, 6.07) is 17.0. The first kappa shape index (κ1) is 15.9. The highest BCUT2D eigenvalue weighted by atomic mass is 16.5. The molecule has 0 saturated carbocycles. The van der Waals surface area contributed by atoms with Crippen LogP contribution in [0.5, 0.6) is 11.5 Å². The minimum Gasteiger partial charge on any atom is -0.493 e. The molecule has 4 heteroatoms. The van der Waals surface area contributed by atoms with Gasteiger partial charge in [-0.3, -0.25) is 4.79 Å².